The Morgan fingerprint density at radius 1 is 1.07 bits per heavy atom. The first-order valence-corrected chi connectivity index (χ1v) is 8.85. The number of phenolic OH excluding ortho intramolecular Hbond substituents is 1. The van der Waals surface area contributed by atoms with Crippen molar-refractivity contribution in [3.8, 4) is 17.1 Å². The highest BCUT2D eigenvalue weighted by Gasteiger charge is 2.19. The monoisotopic (exact) mass is 375 g/mol. The van der Waals surface area contributed by atoms with Crippen LogP contribution >= 0.6 is 0 Å². The first-order chi connectivity index (χ1) is 13.6. The van der Waals surface area contributed by atoms with E-state index in [2.05, 4.69) is 10.3 Å². The molecule has 0 radical (unpaired) electrons. The number of fused-ring (bicyclic) bond motifs is 1. The molecule has 2 aromatic carbocycles. The Hall–Kier alpha value is -3.67. The lowest BCUT2D eigenvalue weighted by molar-refractivity contribution is 0.0951. The lowest BCUT2D eigenvalue weighted by Crippen LogP contribution is -2.23. The molecule has 5 nitrogen and oxygen atoms in total. The Kier molecular flexibility index (Phi) is 4.76. The maximum absolute atomic E-state index is 13.1. The van der Waals surface area contributed by atoms with Gasteiger partial charge in [0.15, 0.2) is 0 Å². The number of amides is 1. The van der Waals surface area contributed by atoms with E-state index in [1.54, 1.807) is 42.6 Å². The third-order valence-electron chi connectivity index (χ3n) is 4.59. The van der Waals surface area contributed by atoms with E-state index >= 15 is 0 Å². The number of nitrogens with one attached hydrogen (secondary N) is 1. The van der Waals surface area contributed by atoms with Gasteiger partial charge in [0.2, 0.25) is 0 Å². The number of hydrogen-bond donors (Lipinski definition) is 2. The number of pyridine rings is 1. The number of aromatic nitrogens is 2. The summed E-state index contributed by atoms with van der Waals surface area (Å²) in [6.45, 7) is 0.744. The van der Waals surface area contributed by atoms with E-state index < -0.39 is 0 Å². The lowest BCUT2D eigenvalue weighted by atomic mass is 10.1. The second kappa shape index (κ2) is 7.52. The van der Waals surface area contributed by atoms with Crippen molar-refractivity contribution in [2.75, 3.05) is 0 Å². The number of carbonyl (C=O) groups excluding carboxylic acids is 1. The molecule has 6 heteroatoms. The minimum Gasteiger partial charge on any atom is -0.508 e. The van der Waals surface area contributed by atoms with Gasteiger partial charge < -0.3 is 15.0 Å². The Morgan fingerprint density at radius 2 is 1.86 bits per heavy atom. The fourth-order valence-corrected chi connectivity index (χ4v) is 3.12. The van der Waals surface area contributed by atoms with E-state index in [1.807, 2.05) is 22.9 Å². The molecule has 0 bridgehead atoms. The molecule has 2 N–H and O–H groups in total. The normalized spacial score (nSPS) is 10.9. The van der Waals surface area contributed by atoms with E-state index in [0.717, 1.165) is 11.1 Å². The molecule has 1 amide bonds. The van der Waals surface area contributed by atoms with Crippen LogP contribution in [0.5, 0.6) is 5.75 Å². The van der Waals surface area contributed by atoms with Crippen LogP contribution in [0.2, 0.25) is 0 Å². The van der Waals surface area contributed by atoms with E-state index in [9.17, 15) is 14.3 Å². The fraction of sp³-hybridized carbons (Fsp3) is 0.0909. The zero-order valence-corrected chi connectivity index (χ0v) is 15.0. The Bertz CT molecular complexity index is 1090. The Morgan fingerprint density at radius 3 is 2.64 bits per heavy atom. The molecule has 0 aromatic heterocycles. The highest BCUT2D eigenvalue weighted by Crippen LogP contribution is 2.26. The maximum Gasteiger partial charge on any atom is 0.253 e. The number of carbonyl (C=O) groups is 1. The number of phenols is 1. The van der Waals surface area contributed by atoms with Gasteiger partial charge in [0.05, 0.1) is 5.56 Å². The SMILES string of the molecule is O=C(NCc1ccccc1O)c1cnc2n(Cc3ccc(F)cc3)cccc1-2. The van der Waals surface area contributed by atoms with E-state index in [0.29, 0.717) is 23.5 Å². The van der Waals surface area contributed by atoms with Gasteiger partial charge in [-0.2, -0.15) is 0 Å². The van der Waals surface area contributed by atoms with Crippen LogP contribution in [-0.2, 0) is 13.1 Å². The number of aromatic hydroxyl groups is 1. The molecule has 0 saturated heterocycles. The highest BCUT2D eigenvalue weighted by molar-refractivity contribution is 6.00. The Labute approximate surface area is 161 Å². The van der Waals surface area contributed by atoms with Gasteiger partial charge in [0.25, 0.3) is 5.91 Å². The van der Waals surface area contributed by atoms with Gasteiger partial charge >= 0.3 is 0 Å². The molecule has 0 atom stereocenters. The first-order valence-electron chi connectivity index (χ1n) is 8.85. The van der Waals surface area contributed by atoms with Crippen LogP contribution in [0, 0.1) is 5.82 Å². The van der Waals surface area contributed by atoms with Crippen LogP contribution < -0.4 is 5.32 Å². The smallest absolute Gasteiger partial charge is 0.253 e. The van der Waals surface area contributed by atoms with Crippen molar-refractivity contribution in [1.82, 2.24) is 14.9 Å². The molecule has 2 aromatic rings. The number of benzene rings is 2. The Balaban J connectivity index is 1.52. The summed E-state index contributed by atoms with van der Waals surface area (Å²) < 4.78 is 15.0. The van der Waals surface area contributed by atoms with Crippen molar-refractivity contribution < 1.29 is 14.3 Å². The second-order valence-electron chi connectivity index (χ2n) is 6.48. The molecule has 4 rings (SSSR count). The van der Waals surface area contributed by atoms with Gasteiger partial charge in [-0.25, -0.2) is 9.37 Å². The van der Waals surface area contributed by atoms with Gasteiger partial charge in [0, 0.05) is 36.6 Å². The van der Waals surface area contributed by atoms with Crippen molar-refractivity contribution in [3.05, 3.63) is 95.6 Å². The predicted octanol–water partition coefficient (Wildman–Crippen LogP) is 3.81. The lowest BCUT2D eigenvalue weighted by Gasteiger charge is -2.12. The summed E-state index contributed by atoms with van der Waals surface area (Å²) in [5.74, 6) is 0.289. The third kappa shape index (κ3) is 3.57. The number of rotatable bonds is 5. The summed E-state index contributed by atoms with van der Waals surface area (Å²) in [5, 5.41) is 12.6. The van der Waals surface area contributed by atoms with Crippen LogP contribution in [-0.4, -0.2) is 20.6 Å². The van der Waals surface area contributed by atoms with Crippen LogP contribution in [0.25, 0.3) is 11.4 Å². The first kappa shape index (κ1) is 17.7. The molecule has 0 unspecified atom stereocenters. The van der Waals surface area contributed by atoms with Gasteiger partial charge in [-0.15, -0.1) is 0 Å². The van der Waals surface area contributed by atoms with Crippen molar-refractivity contribution in [2.45, 2.75) is 13.1 Å². The topological polar surface area (TPSA) is 67.2 Å². The molecule has 0 spiro atoms. The van der Waals surface area contributed by atoms with E-state index in [-0.39, 0.29) is 24.0 Å². The van der Waals surface area contributed by atoms with Gasteiger partial charge in [-0.05, 0) is 35.9 Å². The average Bonchev–Trinajstić information content (AvgIpc) is 3.14. The summed E-state index contributed by atoms with van der Waals surface area (Å²) in [6, 6.07) is 16.9. The number of nitrogens with zero attached hydrogens (tertiary/aromatic N) is 2. The van der Waals surface area contributed by atoms with Crippen molar-refractivity contribution >= 4 is 5.91 Å². The maximum atomic E-state index is 13.1. The zero-order chi connectivity index (χ0) is 19.5. The zero-order valence-electron chi connectivity index (χ0n) is 15.0. The van der Waals surface area contributed by atoms with Crippen molar-refractivity contribution in [2.24, 2.45) is 0 Å². The molecular formula is C22H18FN3O2. The van der Waals surface area contributed by atoms with Crippen LogP contribution in [0.3, 0.4) is 0 Å². The molecule has 2 aliphatic rings. The van der Waals surface area contributed by atoms with E-state index in [4.69, 9.17) is 0 Å². The van der Waals surface area contributed by atoms with Gasteiger partial charge in [-0.3, -0.25) is 4.79 Å². The molecule has 140 valence electrons. The summed E-state index contributed by atoms with van der Waals surface area (Å²) >= 11 is 0. The van der Waals surface area contributed by atoms with Gasteiger partial charge in [0.1, 0.15) is 17.4 Å². The quantitative estimate of drug-likeness (QED) is 0.557. The average molecular weight is 375 g/mol. The van der Waals surface area contributed by atoms with Crippen LogP contribution in [0.1, 0.15) is 21.5 Å². The van der Waals surface area contributed by atoms with E-state index in [1.165, 1.54) is 12.1 Å². The molecule has 0 fully saturated rings. The summed E-state index contributed by atoms with van der Waals surface area (Å²) in [5.41, 5.74) is 2.79. The van der Waals surface area contributed by atoms with Crippen LogP contribution in [0.4, 0.5) is 4.39 Å². The minimum atomic E-state index is -0.276. The van der Waals surface area contributed by atoms with Crippen molar-refractivity contribution in [1.29, 1.82) is 0 Å². The van der Waals surface area contributed by atoms with Crippen molar-refractivity contribution in [3.63, 3.8) is 0 Å². The second-order valence-corrected chi connectivity index (χ2v) is 6.48. The number of halogens is 1. The molecule has 0 aliphatic carbocycles. The fourth-order valence-electron chi connectivity index (χ4n) is 3.12. The van der Waals surface area contributed by atoms with Gasteiger partial charge in [-0.1, -0.05) is 30.3 Å². The standard InChI is InChI=1S/C22H18FN3O2/c23-17-9-7-15(8-10-17)14-26-11-3-5-18-19(13-24-21(18)26)22(28)25-12-16-4-1-2-6-20(16)27/h1-11,13,27H,12,14H2,(H,25,28). The number of para-hydroxylation sites is 1. The molecule has 2 heterocycles. The third-order valence-corrected chi connectivity index (χ3v) is 4.59. The largest absolute Gasteiger partial charge is 0.508 e. The number of hydrogen-bond acceptors (Lipinski definition) is 3. The summed E-state index contributed by atoms with van der Waals surface area (Å²) in [4.78, 5) is 17.0. The highest BCUT2D eigenvalue weighted by atomic mass is 19.1. The molecule has 28 heavy (non-hydrogen) atoms. The molecule has 2 aliphatic heterocycles. The summed E-state index contributed by atoms with van der Waals surface area (Å²) in [6.07, 6.45) is 3.42. The summed E-state index contributed by atoms with van der Waals surface area (Å²) in [7, 11) is 0. The molecular weight excluding hydrogens is 357 g/mol. The molecule has 0 saturated carbocycles. The predicted molar refractivity (Wildman–Crippen MR) is 104 cm³/mol. The minimum absolute atomic E-state index is 0.144. The van der Waals surface area contributed by atoms with Crippen LogP contribution in [0.15, 0.2) is 73.1 Å².